The van der Waals surface area contributed by atoms with Crippen LogP contribution in [0, 0.1) is 0 Å². The van der Waals surface area contributed by atoms with Crippen molar-refractivity contribution in [2.75, 3.05) is 14.2 Å². The van der Waals surface area contributed by atoms with Crippen molar-refractivity contribution in [1.29, 1.82) is 0 Å². The highest BCUT2D eigenvalue weighted by molar-refractivity contribution is 5.44. The zero-order valence-electron chi connectivity index (χ0n) is 11.1. The molecule has 0 heterocycles. The lowest BCUT2D eigenvalue weighted by Crippen LogP contribution is -2.00. The van der Waals surface area contributed by atoms with Crippen LogP contribution in [0.2, 0.25) is 0 Å². The summed E-state index contributed by atoms with van der Waals surface area (Å²) < 4.78 is 16.1. The van der Waals surface area contributed by atoms with E-state index in [9.17, 15) is 0 Å². The molecule has 0 aliphatic heterocycles. The van der Waals surface area contributed by atoms with Crippen LogP contribution in [0.5, 0.6) is 23.0 Å². The molecular formula is C15H17NO3. The molecule has 4 heteroatoms. The summed E-state index contributed by atoms with van der Waals surface area (Å²) in [6.07, 6.45) is 0. The summed E-state index contributed by atoms with van der Waals surface area (Å²) in [6, 6.07) is 13.0. The van der Waals surface area contributed by atoms with E-state index >= 15 is 0 Å². The third kappa shape index (κ3) is 3.17. The second-order valence-corrected chi connectivity index (χ2v) is 3.96. The molecule has 0 aromatic heterocycles. The van der Waals surface area contributed by atoms with Gasteiger partial charge in [0.05, 0.1) is 14.2 Å². The zero-order valence-corrected chi connectivity index (χ0v) is 11.1. The number of hydrogen-bond donors (Lipinski definition) is 1. The molecule has 2 aromatic rings. The van der Waals surface area contributed by atoms with Gasteiger partial charge in [-0.15, -0.1) is 0 Å². The zero-order chi connectivity index (χ0) is 13.7. The predicted molar refractivity (Wildman–Crippen MR) is 74.0 cm³/mol. The average Bonchev–Trinajstić information content (AvgIpc) is 2.48. The molecule has 0 saturated carbocycles. The van der Waals surface area contributed by atoms with Gasteiger partial charge in [0, 0.05) is 18.2 Å². The van der Waals surface area contributed by atoms with Crippen LogP contribution >= 0.6 is 0 Å². The summed E-state index contributed by atoms with van der Waals surface area (Å²) in [6.45, 7) is 0.412. The maximum atomic E-state index is 5.83. The maximum Gasteiger partial charge on any atom is 0.135 e. The van der Waals surface area contributed by atoms with Crippen molar-refractivity contribution in [3.05, 3.63) is 48.0 Å². The Hall–Kier alpha value is -2.20. The molecular weight excluding hydrogens is 242 g/mol. The van der Waals surface area contributed by atoms with E-state index in [0.717, 1.165) is 22.8 Å². The Kier molecular flexibility index (Phi) is 4.26. The van der Waals surface area contributed by atoms with E-state index in [2.05, 4.69) is 0 Å². The predicted octanol–water partition coefficient (Wildman–Crippen LogP) is 2.95. The number of benzene rings is 2. The normalized spacial score (nSPS) is 10.1. The first-order valence-corrected chi connectivity index (χ1v) is 5.95. The summed E-state index contributed by atoms with van der Waals surface area (Å²) >= 11 is 0. The van der Waals surface area contributed by atoms with Crippen LogP contribution in [-0.2, 0) is 6.54 Å². The van der Waals surface area contributed by atoms with Crippen molar-refractivity contribution >= 4 is 0 Å². The molecule has 0 aliphatic carbocycles. The number of ether oxygens (including phenoxy) is 3. The van der Waals surface area contributed by atoms with Gasteiger partial charge in [0.25, 0.3) is 0 Å². The number of hydrogen-bond acceptors (Lipinski definition) is 4. The molecule has 0 saturated heterocycles. The first kappa shape index (κ1) is 13.2. The van der Waals surface area contributed by atoms with Gasteiger partial charge in [-0.2, -0.15) is 0 Å². The third-order valence-electron chi connectivity index (χ3n) is 2.78. The Morgan fingerprint density at radius 1 is 0.842 bits per heavy atom. The molecule has 100 valence electrons. The van der Waals surface area contributed by atoms with Gasteiger partial charge in [-0.1, -0.05) is 6.07 Å². The highest BCUT2D eigenvalue weighted by Gasteiger charge is 2.06. The first-order valence-electron chi connectivity index (χ1n) is 5.95. The van der Waals surface area contributed by atoms with Gasteiger partial charge in [-0.25, -0.2) is 0 Å². The van der Waals surface area contributed by atoms with Crippen LogP contribution in [0.25, 0.3) is 0 Å². The molecule has 19 heavy (non-hydrogen) atoms. The fourth-order valence-electron chi connectivity index (χ4n) is 1.70. The average molecular weight is 259 g/mol. The molecule has 0 unspecified atom stereocenters. The van der Waals surface area contributed by atoms with Crippen LogP contribution in [0.4, 0.5) is 0 Å². The van der Waals surface area contributed by atoms with E-state index in [1.165, 1.54) is 0 Å². The van der Waals surface area contributed by atoms with Gasteiger partial charge in [0.15, 0.2) is 0 Å². The maximum absolute atomic E-state index is 5.83. The van der Waals surface area contributed by atoms with Crippen molar-refractivity contribution < 1.29 is 14.2 Å². The molecule has 2 N–H and O–H groups in total. The minimum Gasteiger partial charge on any atom is -0.497 e. The van der Waals surface area contributed by atoms with Crippen LogP contribution < -0.4 is 19.9 Å². The van der Waals surface area contributed by atoms with E-state index in [1.807, 2.05) is 42.5 Å². The second-order valence-electron chi connectivity index (χ2n) is 3.96. The standard InChI is InChI=1S/C15H17NO3/c1-17-12-5-7-13(8-6-12)19-15-9-14(18-2)4-3-11(15)10-16/h3-9H,10,16H2,1-2H3. The Morgan fingerprint density at radius 2 is 1.42 bits per heavy atom. The monoisotopic (exact) mass is 259 g/mol. The van der Waals surface area contributed by atoms with Gasteiger partial charge in [0.1, 0.15) is 23.0 Å². The van der Waals surface area contributed by atoms with Crippen molar-refractivity contribution in [3.8, 4) is 23.0 Å². The quantitative estimate of drug-likeness (QED) is 0.897. The molecule has 0 bridgehead atoms. The fraction of sp³-hybridized carbons (Fsp3) is 0.200. The van der Waals surface area contributed by atoms with E-state index in [1.54, 1.807) is 14.2 Å². The van der Waals surface area contributed by atoms with E-state index in [4.69, 9.17) is 19.9 Å². The van der Waals surface area contributed by atoms with Crippen molar-refractivity contribution in [2.24, 2.45) is 5.73 Å². The molecule has 0 aliphatic rings. The van der Waals surface area contributed by atoms with Crippen LogP contribution in [0.15, 0.2) is 42.5 Å². The van der Waals surface area contributed by atoms with Gasteiger partial charge >= 0.3 is 0 Å². The lowest BCUT2D eigenvalue weighted by Gasteiger charge is -2.12. The summed E-state index contributed by atoms with van der Waals surface area (Å²) in [5.74, 6) is 2.95. The molecule has 4 nitrogen and oxygen atoms in total. The number of nitrogens with two attached hydrogens (primary N) is 1. The molecule has 0 radical (unpaired) electrons. The minimum atomic E-state index is 0.412. The highest BCUT2D eigenvalue weighted by atomic mass is 16.5. The Morgan fingerprint density at radius 3 is 2.00 bits per heavy atom. The number of methoxy groups -OCH3 is 2. The first-order chi connectivity index (χ1) is 9.26. The third-order valence-corrected chi connectivity index (χ3v) is 2.78. The van der Waals surface area contributed by atoms with Crippen LogP contribution in [0.3, 0.4) is 0 Å². The lowest BCUT2D eigenvalue weighted by atomic mass is 10.2. The van der Waals surface area contributed by atoms with Gasteiger partial charge in [0.2, 0.25) is 0 Å². The minimum absolute atomic E-state index is 0.412. The molecule has 2 rings (SSSR count). The van der Waals surface area contributed by atoms with E-state index in [0.29, 0.717) is 12.3 Å². The largest absolute Gasteiger partial charge is 0.497 e. The highest BCUT2D eigenvalue weighted by Crippen LogP contribution is 2.30. The van der Waals surface area contributed by atoms with E-state index in [-0.39, 0.29) is 0 Å². The molecule has 0 atom stereocenters. The number of rotatable bonds is 5. The SMILES string of the molecule is COc1ccc(Oc2cc(OC)ccc2CN)cc1. The van der Waals surface area contributed by atoms with Crippen molar-refractivity contribution in [2.45, 2.75) is 6.54 Å². The molecule has 0 amide bonds. The van der Waals surface area contributed by atoms with Gasteiger partial charge in [-0.05, 0) is 30.3 Å². The summed E-state index contributed by atoms with van der Waals surface area (Å²) in [4.78, 5) is 0. The smallest absolute Gasteiger partial charge is 0.135 e. The lowest BCUT2D eigenvalue weighted by molar-refractivity contribution is 0.406. The second kappa shape index (κ2) is 6.11. The summed E-state index contributed by atoms with van der Waals surface area (Å²) in [7, 11) is 3.25. The van der Waals surface area contributed by atoms with E-state index < -0.39 is 0 Å². The van der Waals surface area contributed by atoms with Gasteiger partial charge < -0.3 is 19.9 Å². The van der Waals surface area contributed by atoms with Crippen molar-refractivity contribution in [1.82, 2.24) is 0 Å². The van der Waals surface area contributed by atoms with Gasteiger partial charge in [-0.3, -0.25) is 0 Å². The Balaban J connectivity index is 2.25. The Labute approximate surface area is 112 Å². The fourth-order valence-corrected chi connectivity index (χ4v) is 1.70. The Bertz CT molecular complexity index is 538. The summed E-state index contributed by atoms with van der Waals surface area (Å²) in [5, 5.41) is 0. The molecule has 0 fully saturated rings. The molecule has 0 spiro atoms. The van der Waals surface area contributed by atoms with Crippen molar-refractivity contribution in [3.63, 3.8) is 0 Å². The summed E-state index contributed by atoms with van der Waals surface area (Å²) in [5.41, 5.74) is 6.63. The topological polar surface area (TPSA) is 53.7 Å². The molecule has 2 aromatic carbocycles. The van der Waals surface area contributed by atoms with Crippen LogP contribution in [-0.4, -0.2) is 14.2 Å². The van der Waals surface area contributed by atoms with Crippen LogP contribution in [0.1, 0.15) is 5.56 Å².